The summed E-state index contributed by atoms with van der Waals surface area (Å²) < 4.78 is 35.5. The van der Waals surface area contributed by atoms with Crippen LogP contribution in [0, 0.1) is 12.7 Å². The molecule has 34 heavy (non-hydrogen) atoms. The maximum atomic E-state index is 15.4. The number of hydrogen-bond acceptors (Lipinski definition) is 7. The van der Waals surface area contributed by atoms with E-state index in [0.717, 1.165) is 10.5 Å². The lowest BCUT2D eigenvalue weighted by atomic mass is 9.97. The third kappa shape index (κ3) is 3.52. The Morgan fingerprint density at radius 2 is 2.09 bits per heavy atom. The lowest BCUT2D eigenvalue weighted by molar-refractivity contribution is 0.194. The van der Waals surface area contributed by atoms with Gasteiger partial charge in [-0.1, -0.05) is 0 Å². The zero-order valence-electron chi connectivity index (χ0n) is 18.7. The number of alkyl halides is 1. The zero-order valence-corrected chi connectivity index (χ0v) is 18.7. The molecule has 1 saturated heterocycles. The SMILES string of the molecule is Cc1c(-c2cc3cc(N(C(=O)O)C4CN(C)CC4F)ncc3c(N)c2F)cnc2c1NCCO2. The fourth-order valence-corrected chi connectivity index (χ4v) is 4.69. The maximum Gasteiger partial charge on any atom is 0.413 e. The molecule has 4 N–H and O–H groups in total. The average molecular weight is 470 g/mol. The third-order valence-corrected chi connectivity index (χ3v) is 6.41. The van der Waals surface area contributed by atoms with Crippen LogP contribution in [0.2, 0.25) is 0 Å². The molecule has 3 aromatic rings. The van der Waals surface area contributed by atoms with Gasteiger partial charge in [0.05, 0.1) is 11.7 Å². The molecule has 5 rings (SSSR count). The number of nitrogen functional groups attached to an aromatic ring is 1. The molecule has 2 aliphatic heterocycles. The van der Waals surface area contributed by atoms with Crippen LogP contribution in [0.3, 0.4) is 0 Å². The van der Waals surface area contributed by atoms with E-state index in [9.17, 15) is 14.3 Å². The highest BCUT2D eigenvalue weighted by atomic mass is 19.1. The number of aromatic nitrogens is 2. The standard InChI is InChI=1S/C23H24F2N6O3/c1-11-14(7-29-22-21(11)27-3-4-34-22)13-5-12-6-18(28-8-15(12)20(26)19(13)25)31(23(32)33)17-10-30(2)9-16(17)24/h5-8,16-17,27H,3-4,9-10,26H2,1-2H3,(H,32,33). The molecule has 1 aromatic carbocycles. The highest BCUT2D eigenvalue weighted by molar-refractivity contribution is 6.00. The molecule has 2 unspecified atom stereocenters. The predicted octanol–water partition coefficient (Wildman–Crippen LogP) is 3.27. The number of nitrogens with zero attached hydrogens (tertiary/aromatic N) is 4. The van der Waals surface area contributed by atoms with Gasteiger partial charge in [0.15, 0.2) is 5.82 Å². The first-order valence-corrected chi connectivity index (χ1v) is 10.9. The molecule has 0 aliphatic carbocycles. The zero-order chi connectivity index (χ0) is 24.1. The summed E-state index contributed by atoms with van der Waals surface area (Å²) in [5.74, 6) is -0.122. The molecule has 0 radical (unpaired) electrons. The Bertz CT molecular complexity index is 1300. The van der Waals surface area contributed by atoms with Gasteiger partial charge < -0.3 is 25.8 Å². The predicted molar refractivity (Wildman–Crippen MR) is 125 cm³/mol. The van der Waals surface area contributed by atoms with Gasteiger partial charge in [-0.05, 0) is 37.1 Å². The first-order valence-electron chi connectivity index (χ1n) is 10.9. The molecule has 0 bridgehead atoms. The van der Waals surface area contributed by atoms with Gasteiger partial charge in [0.1, 0.15) is 24.3 Å². The molecule has 11 heteroatoms. The van der Waals surface area contributed by atoms with Gasteiger partial charge in [-0.3, -0.25) is 4.90 Å². The minimum atomic E-state index is -1.36. The smallest absolute Gasteiger partial charge is 0.413 e. The van der Waals surface area contributed by atoms with Crippen molar-refractivity contribution in [2.24, 2.45) is 0 Å². The number of likely N-dealkylation sites (tertiary alicyclic amines) is 1. The average Bonchev–Trinajstić information content (AvgIpc) is 3.14. The molecular weight excluding hydrogens is 446 g/mol. The van der Waals surface area contributed by atoms with Crippen LogP contribution in [-0.4, -0.2) is 71.6 Å². The van der Waals surface area contributed by atoms with E-state index in [2.05, 4.69) is 15.3 Å². The van der Waals surface area contributed by atoms with E-state index in [4.69, 9.17) is 10.5 Å². The van der Waals surface area contributed by atoms with E-state index in [0.29, 0.717) is 41.1 Å². The van der Waals surface area contributed by atoms with Crippen LogP contribution in [-0.2, 0) is 0 Å². The molecule has 0 spiro atoms. The number of likely N-dealkylation sites (N-methyl/N-ethyl adjacent to an activating group) is 1. The first-order chi connectivity index (χ1) is 16.3. The van der Waals surface area contributed by atoms with Crippen molar-refractivity contribution in [3.63, 3.8) is 0 Å². The Balaban J connectivity index is 1.64. The second kappa shape index (κ2) is 8.24. The summed E-state index contributed by atoms with van der Waals surface area (Å²) in [6.07, 6.45) is 0.179. The van der Waals surface area contributed by atoms with E-state index in [1.165, 1.54) is 18.5 Å². The minimum Gasteiger partial charge on any atom is -0.474 e. The topological polar surface area (TPSA) is 117 Å². The summed E-state index contributed by atoms with van der Waals surface area (Å²) in [7, 11) is 1.73. The quantitative estimate of drug-likeness (QED) is 0.500. The number of nitrogens with two attached hydrogens (primary N) is 1. The van der Waals surface area contributed by atoms with Crippen molar-refractivity contribution in [1.29, 1.82) is 0 Å². The highest BCUT2D eigenvalue weighted by Gasteiger charge is 2.39. The van der Waals surface area contributed by atoms with Gasteiger partial charge in [0.25, 0.3) is 0 Å². The molecule has 2 aromatic heterocycles. The molecule has 1 fully saturated rings. The summed E-state index contributed by atoms with van der Waals surface area (Å²) in [4.78, 5) is 23.2. The Labute approximate surface area is 194 Å². The van der Waals surface area contributed by atoms with Gasteiger partial charge in [0, 0.05) is 48.5 Å². The largest absolute Gasteiger partial charge is 0.474 e. The van der Waals surface area contributed by atoms with Crippen LogP contribution < -0.4 is 20.7 Å². The summed E-state index contributed by atoms with van der Waals surface area (Å²) in [6, 6.07) is 2.18. The van der Waals surface area contributed by atoms with Gasteiger partial charge >= 0.3 is 6.09 Å². The van der Waals surface area contributed by atoms with Crippen LogP contribution in [0.25, 0.3) is 21.9 Å². The molecule has 2 aliphatic rings. The van der Waals surface area contributed by atoms with Crippen molar-refractivity contribution in [2.75, 3.05) is 49.2 Å². The number of anilines is 3. The van der Waals surface area contributed by atoms with E-state index in [1.807, 2.05) is 6.92 Å². The lowest BCUT2D eigenvalue weighted by Gasteiger charge is -2.26. The van der Waals surface area contributed by atoms with Crippen LogP contribution in [0.5, 0.6) is 5.88 Å². The molecule has 0 saturated carbocycles. The minimum absolute atomic E-state index is 0.0512. The second-order valence-electron chi connectivity index (χ2n) is 8.62. The van der Waals surface area contributed by atoms with Crippen molar-refractivity contribution < 1.29 is 23.4 Å². The van der Waals surface area contributed by atoms with Crippen molar-refractivity contribution in [3.8, 4) is 17.0 Å². The summed E-state index contributed by atoms with van der Waals surface area (Å²) >= 11 is 0. The van der Waals surface area contributed by atoms with Crippen LogP contribution in [0.15, 0.2) is 24.5 Å². The Kier molecular flexibility index (Phi) is 5.35. The van der Waals surface area contributed by atoms with Gasteiger partial charge in [0.2, 0.25) is 5.88 Å². The number of fused-ring (bicyclic) bond motifs is 2. The number of carboxylic acid groups (broad SMARTS) is 1. The molecular formula is C23H24F2N6O3. The van der Waals surface area contributed by atoms with E-state index >= 15 is 4.39 Å². The fourth-order valence-electron chi connectivity index (χ4n) is 4.69. The molecule has 1 amide bonds. The normalized spacial score (nSPS) is 20.0. The summed E-state index contributed by atoms with van der Waals surface area (Å²) in [5, 5.41) is 13.9. The monoisotopic (exact) mass is 470 g/mol. The second-order valence-corrected chi connectivity index (χ2v) is 8.62. The summed E-state index contributed by atoms with van der Waals surface area (Å²) in [5.41, 5.74) is 8.19. The Morgan fingerprint density at radius 3 is 2.79 bits per heavy atom. The number of hydrogen-bond donors (Lipinski definition) is 3. The van der Waals surface area contributed by atoms with Gasteiger partial charge in [-0.25, -0.2) is 23.5 Å². The molecule has 178 valence electrons. The molecule has 2 atom stereocenters. The number of rotatable bonds is 3. The molecule has 9 nitrogen and oxygen atoms in total. The van der Waals surface area contributed by atoms with E-state index in [1.54, 1.807) is 18.0 Å². The van der Waals surface area contributed by atoms with E-state index in [-0.39, 0.29) is 30.2 Å². The number of carbonyl (C=O) groups is 1. The number of ether oxygens (including phenoxy) is 1. The van der Waals surface area contributed by atoms with Crippen LogP contribution in [0.1, 0.15) is 5.56 Å². The Morgan fingerprint density at radius 1 is 1.29 bits per heavy atom. The van der Waals surface area contributed by atoms with Crippen molar-refractivity contribution >= 4 is 34.1 Å². The van der Waals surface area contributed by atoms with Crippen molar-refractivity contribution in [2.45, 2.75) is 19.1 Å². The van der Waals surface area contributed by atoms with Crippen molar-refractivity contribution in [3.05, 3.63) is 35.9 Å². The summed E-state index contributed by atoms with van der Waals surface area (Å²) in [6.45, 7) is 3.29. The van der Waals surface area contributed by atoms with Gasteiger partial charge in [-0.15, -0.1) is 0 Å². The van der Waals surface area contributed by atoms with E-state index < -0.39 is 24.1 Å². The molecule has 4 heterocycles. The highest BCUT2D eigenvalue weighted by Crippen LogP contribution is 2.40. The number of amides is 1. The Hall–Kier alpha value is -3.73. The van der Waals surface area contributed by atoms with Crippen LogP contribution in [0.4, 0.5) is 30.8 Å². The number of halogens is 2. The number of benzene rings is 1. The lowest BCUT2D eigenvalue weighted by Crippen LogP contribution is -2.45. The van der Waals surface area contributed by atoms with Crippen LogP contribution >= 0.6 is 0 Å². The number of nitrogens with one attached hydrogen (secondary N) is 1. The third-order valence-electron chi connectivity index (χ3n) is 6.41. The first kappa shape index (κ1) is 22.1. The van der Waals surface area contributed by atoms with Crippen molar-refractivity contribution in [1.82, 2.24) is 14.9 Å². The van der Waals surface area contributed by atoms with Gasteiger partial charge in [-0.2, -0.15) is 0 Å². The number of pyridine rings is 2. The fraction of sp³-hybridized carbons (Fsp3) is 0.348. The maximum absolute atomic E-state index is 15.4.